The summed E-state index contributed by atoms with van der Waals surface area (Å²) in [6.07, 6.45) is 0. The van der Waals surface area contributed by atoms with Crippen molar-refractivity contribution in [3.05, 3.63) is 170 Å². The molecule has 0 saturated heterocycles. The van der Waals surface area contributed by atoms with Gasteiger partial charge >= 0.3 is 0 Å². The maximum Gasteiger partial charge on any atom is 0.164 e. The molecule has 5 heteroatoms. The van der Waals surface area contributed by atoms with E-state index in [2.05, 4.69) is 114 Å². The fourth-order valence-corrected chi connectivity index (χ4v) is 7.84. The van der Waals surface area contributed by atoms with Crippen LogP contribution < -0.4 is 0 Å². The first-order valence-electron chi connectivity index (χ1n) is 17.4. The average molecular weight is 665 g/mol. The van der Waals surface area contributed by atoms with Crippen molar-refractivity contribution in [3.8, 4) is 39.9 Å². The van der Waals surface area contributed by atoms with Crippen LogP contribution in [-0.4, -0.2) is 19.5 Å². The number of furan rings is 1. The molecule has 0 radical (unpaired) electrons. The fourth-order valence-electron chi connectivity index (χ4n) is 7.84. The van der Waals surface area contributed by atoms with Crippen LogP contribution in [0.1, 0.15) is 0 Å². The number of aromatic nitrogens is 4. The van der Waals surface area contributed by atoms with Crippen LogP contribution in [0.4, 0.5) is 0 Å². The molecule has 0 N–H and O–H groups in total. The molecule has 3 aromatic heterocycles. The minimum atomic E-state index is 0.596. The molecule has 242 valence electrons. The van der Waals surface area contributed by atoms with E-state index in [4.69, 9.17) is 19.4 Å². The van der Waals surface area contributed by atoms with Crippen LogP contribution in [0.3, 0.4) is 0 Å². The summed E-state index contributed by atoms with van der Waals surface area (Å²) < 4.78 is 8.66. The summed E-state index contributed by atoms with van der Waals surface area (Å²) in [4.78, 5) is 15.6. The van der Waals surface area contributed by atoms with Crippen molar-refractivity contribution in [1.29, 1.82) is 0 Å². The monoisotopic (exact) mass is 664 g/mol. The summed E-state index contributed by atoms with van der Waals surface area (Å²) in [7, 11) is 0. The maximum absolute atomic E-state index is 6.28. The van der Waals surface area contributed by atoms with Gasteiger partial charge in [-0.3, -0.25) is 0 Å². The van der Waals surface area contributed by atoms with Crippen LogP contribution in [0.15, 0.2) is 174 Å². The third kappa shape index (κ3) is 4.39. The second-order valence-electron chi connectivity index (χ2n) is 13.2. The quantitative estimate of drug-likeness (QED) is 0.188. The van der Waals surface area contributed by atoms with Crippen LogP contribution in [0.25, 0.3) is 105 Å². The smallest absolute Gasteiger partial charge is 0.164 e. The number of hydrogen-bond donors (Lipinski definition) is 0. The number of para-hydroxylation sites is 2. The Balaban J connectivity index is 1.22. The SMILES string of the molecule is c1ccc(-c2nc(-c3cc(-n4c5ccccc5c5cc6ccccc6cc54)cc4ccccc34)nc(-c3cccc4oc5ccccc5c34)n2)cc1. The zero-order valence-electron chi connectivity index (χ0n) is 27.9. The average Bonchev–Trinajstić information content (AvgIpc) is 3.75. The predicted octanol–water partition coefficient (Wildman–Crippen LogP) is 12.2. The minimum absolute atomic E-state index is 0.596. The molecular weight excluding hydrogens is 637 g/mol. The molecule has 3 heterocycles. The van der Waals surface area contributed by atoms with Crippen molar-refractivity contribution in [2.45, 2.75) is 0 Å². The molecule has 0 spiro atoms. The highest BCUT2D eigenvalue weighted by Gasteiger charge is 2.20. The Morgan fingerprint density at radius 3 is 1.87 bits per heavy atom. The van der Waals surface area contributed by atoms with Crippen molar-refractivity contribution in [1.82, 2.24) is 19.5 Å². The molecule has 0 aliphatic rings. The predicted molar refractivity (Wildman–Crippen MR) is 213 cm³/mol. The second-order valence-corrected chi connectivity index (χ2v) is 13.2. The topological polar surface area (TPSA) is 56.7 Å². The summed E-state index contributed by atoms with van der Waals surface area (Å²) in [5, 5.41) is 9.06. The van der Waals surface area contributed by atoms with Gasteiger partial charge in [0.1, 0.15) is 11.2 Å². The molecule has 5 nitrogen and oxygen atoms in total. The van der Waals surface area contributed by atoms with Crippen molar-refractivity contribution < 1.29 is 4.42 Å². The van der Waals surface area contributed by atoms with E-state index in [0.717, 1.165) is 66.1 Å². The van der Waals surface area contributed by atoms with Crippen LogP contribution >= 0.6 is 0 Å². The number of fused-ring (bicyclic) bond motifs is 8. The Hall–Kier alpha value is -7.11. The van der Waals surface area contributed by atoms with Gasteiger partial charge in [0.15, 0.2) is 17.5 Å². The van der Waals surface area contributed by atoms with Gasteiger partial charge in [0, 0.05) is 43.9 Å². The number of rotatable bonds is 4. The van der Waals surface area contributed by atoms with Gasteiger partial charge in [0.05, 0.1) is 11.0 Å². The van der Waals surface area contributed by atoms with E-state index in [0.29, 0.717) is 17.5 Å². The molecule has 0 saturated carbocycles. The molecule has 0 aliphatic carbocycles. The van der Waals surface area contributed by atoms with Crippen molar-refractivity contribution in [2.75, 3.05) is 0 Å². The van der Waals surface area contributed by atoms with E-state index >= 15 is 0 Å². The van der Waals surface area contributed by atoms with Gasteiger partial charge in [-0.2, -0.15) is 0 Å². The molecule has 0 fully saturated rings. The molecule has 11 rings (SSSR count). The second kappa shape index (κ2) is 11.2. The van der Waals surface area contributed by atoms with Crippen LogP contribution in [0.2, 0.25) is 0 Å². The highest BCUT2D eigenvalue weighted by Crippen LogP contribution is 2.40. The summed E-state index contributed by atoms with van der Waals surface area (Å²) >= 11 is 0. The number of hydrogen-bond acceptors (Lipinski definition) is 4. The molecule has 0 unspecified atom stereocenters. The van der Waals surface area contributed by atoms with E-state index < -0.39 is 0 Å². The van der Waals surface area contributed by atoms with Crippen LogP contribution in [-0.2, 0) is 0 Å². The summed E-state index contributed by atoms with van der Waals surface area (Å²) in [6, 6.07) is 59.2. The van der Waals surface area contributed by atoms with E-state index in [1.807, 2.05) is 60.7 Å². The number of benzene rings is 8. The fraction of sp³-hybridized carbons (Fsp3) is 0. The van der Waals surface area contributed by atoms with E-state index in [1.54, 1.807) is 0 Å². The Bertz CT molecular complexity index is 3190. The van der Waals surface area contributed by atoms with Crippen LogP contribution in [0.5, 0.6) is 0 Å². The lowest BCUT2D eigenvalue weighted by Crippen LogP contribution is -2.02. The van der Waals surface area contributed by atoms with Crippen molar-refractivity contribution >= 4 is 65.3 Å². The highest BCUT2D eigenvalue weighted by atomic mass is 16.3. The van der Waals surface area contributed by atoms with E-state index in [1.165, 1.54) is 21.5 Å². The van der Waals surface area contributed by atoms with E-state index in [9.17, 15) is 0 Å². The Morgan fingerprint density at radius 1 is 0.385 bits per heavy atom. The lowest BCUT2D eigenvalue weighted by molar-refractivity contribution is 0.669. The summed E-state index contributed by atoms with van der Waals surface area (Å²) in [5.41, 5.74) is 7.74. The van der Waals surface area contributed by atoms with Gasteiger partial charge in [-0.05, 0) is 64.0 Å². The van der Waals surface area contributed by atoms with Crippen molar-refractivity contribution in [2.24, 2.45) is 0 Å². The van der Waals surface area contributed by atoms with Crippen molar-refractivity contribution in [3.63, 3.8) is 0 Å². The molecule has 0 amide bonds. The zero-order valence-corrected chi connectivity index (χ0v) is 27.9. The largest absolute Gasteiger partial charge is 0.456 e. The highest BCUT2D eigenvalue weighted by molar-refractivity contribution is 6.14. The van der Waals surface area contributed by atoms with Gasteiger partial charge in [-0.25, -0.2) is 15.0 Å². The molecule has 52 heavy (non-hydrogen) atoms. The van der Waals surface area contributed by atoms with Gasteiger partial charge in [-0.1, -0.05) is 127 Å². The Kier molecular flexibility index (Phi) is 6.18. The Labute approximate surface area is 298 Å². The molecule has 0 atom stereocenters. The Morgan fingerprint density at radius 2 is 1.02 bits per heavy atom. The molecular formula is C47H28N4O. The van der Waals surface area contributed by atoms with Gasteiger partial charge in [0.25, 0.3) is 0 Å². The zero-order chi connectivity index (χ0) is 34.2. The normalized spacial score (nSPS) is 11.8. The summed E-state index contributed by atoms with van der Waals surface area (Å²) in [5.74, 6) is 1.82. The van der Waals surface area contributed by atoms with Gasteiger partial charge in [0.2, 0.25) is 0 Å². The standard InChI is InChI=1S/C47H28N4O/c1-2-13-29(14-3-1)45-48-46(37-21-12-24-43-44(37)36-20-9-11-23-42(36)52-43)50-47(49-45)39-28-33(25-32-17-6-7-18-34(32)39)51-40-22-10-8-19-35(40)38-26-30-15-4-5-16-31(30)27-41(38)51/h1-28H. The van der Waals surface area contributed by atoms with Crippen LogP contribution in [0, 0.1) is 0 Å². The molecule has 0 bridgehead atoms. The first-order chi connectivity index (χ1) is 25.8. The summed E-state index contributed by atoms with van der Waals surface area (Å²) in [6.45, 7) is 0. The minimum Gasteiger partial charge on any atom is -0.456 e. The third-order valence-electron chi connectivity index (χ3n) is 10.2. The van der Waals surface area contributed by atoms with E-state index in [-0.39, 0.29) is 0 Å². The lowest BCUT2D eigenvalue weighted by atomic mass is 10.0. The maximum atomic E-state index is 6.28. The lowest BCUT2D eigenvalue weighted by Gasteiger charge is -2.15. The van der Waals surface area contributed by atoms with Gasteiger partial charge < -0.3 is 8.98 Å². The van der Waals surface area contributed by atoms with Gasteiger partial charge in [-0.15, -0.1) is 0 Å². The first kappa shape index (κ1) is 28.7. The first-order valence-corrected chi connectivity index (χ1v) is 17.4. The molecule has 0 aliphatic heterocycles. The third-order valence-corrected chi connectivity index (χ3v) is 10.2. The number of nitrogens with zero attached hydrogens (tertiary/aromatic N) is 4. The molecule has 8 aromatic carbocycles. The molecule has 11 aromatic rings.